The third-order valence-electron chi connectivity index (χ3n) is 5.72. The van der Waals surface area contributed by atoms with E-state index in [4.69, 9.17) is 19.9 Å². The van der Waals surface area contributed by atoms with Crippen molar-refractivity contribution in [2.45, 2.75) is 25.9 Å². The van der Waals surface area contributed by atoms with Crippen molar-refractivity contribution in [1.82, 2.24) is 10.2 Å². The van der Waals surface area contributed by atoms with Crippen LogP contribution in [0.2, 0.25) is 0 Å². The monoisotopic (exact) mass is 410 g/mol. The van der Waals surface area contributed by atoms with Gasteiger partial charge in [-0.05, 0) is 43.0 Å². The molecule has 2 aromatic carbocycles. The summed E-state index contributed by atoms with van der Waals surface area (Å²) in [7, 11) is 1.74. The van der Waals surface area contributed by atoms with Crippen LogP contribution in [0.15, 0.2) is 42.6 Å². The van der Waals surface area contributed by atoms with Gasteiger partial charge in [-0.25, -0.2) is 0 Å². The minimum Gasteiger partial charge on any atom is -0.495 e. The molecular weight excluding hydrogens is 380 g/mol. The summed E-state index contributed by atoms with van der Waals surface area (Å²) in [5.41, 5.74) is 7.73. The topological polar surface area (TPSA) is 85.6 Å². The van der Waals surface area contributed by atoms with Gasteiger partial charge in [0.2, 0.25) is 0 Å². The number of benzene rings is 2. The maximum Gasteiger partial charge on any atom is 0.172 e. The number of methoxy groups -OCH3 is 1. The van der Waals surface area contributed by atoms with E-state index in [0.29, 0.717) is 13.2 Å². The molecule has 0 radical (unpaired) electrons. The molecule has 3 N–H and O–H groups in total. The average molecular weight is 411 g/mol. The van der Waals surface area contributed by atoms with Gasteiger partial charge in [0.05, 0.1) is 29.9 Å². The van der Waals surface area contributed by atoms with E-state index < -0.39 is 0 Å². The first-order chi connectivity index (χ1) is 14.7. The second-order valence-corrected chi connectivity index (χ2v) is 7.85. The molecule has 1 saturated heterocycles. The number of fused-ring (bicyclic) bond motifs is 3. The van der Waals surface area contributed by atoms with Crippen molar-refractivity contribution in [3.05, 3.63) is 42.6 Å². The Balaban J connectivity index is 0.000000145. The highest BCUT2D eigenvalue weighted by Crippen LogP contribution is 2.37. The largest absolute Gasteiger partial charge is 0.495 e. The highest BCUT2D eigenvalue weighted by atomic mass is 16.6. The van der Waals surface area contributed by atoms with Crippen LogP contribution in [-0.2, 0) is 0 Å². The summed E-state index contributed by atoms with van der Waals surface area (Å²) in [6.45, 7) is 5.60. The molecule has 1 fully saturated rings. The first-order valence-corrected chi connectivity index (χ1v) is 10.5. The second kappa shape index (κ2) is 9.26. The first kappa shape index (κ1) is 20.3. The number of ether oxygens (including phenoxy) is 3. The summed E-state index contributed by atoms with van der Waals surface area (Å²) in [6, 6.07) is 12.1. The standard InChI is InChI=1S/C13H19NO.C10H11N3O2/c1-11-7-9-14(10-8-11)12-5-3-4-6-13(12)15-2;11-3-6-5-14-9-2-1-8-7(4-12-13-8)10(9)15-6/h3-6,11H,7-10H2,1-2H3;1-2,4,6H,3,5,11H2,(H,12,13). The van der Waals surface area contributed by atoms with Crippen molar-refractivity contribution in [3.8, 4) is 17.2 Å². The number of nitrogens with two attached hydrogens (primary N) is 1. The molecule has 2 aliphatic heterocycles. The number of rotatable bonds is 3. The van der Waals surface area contributed by atoms with Gasteiger partial charge in [-0.15, -0.1) is 0 Å². The van der Waals surface area contributed by atoms with Crippen LogP contribution in [0.25, 0.3) is 10.9 Å². The Labute approximate surface area is 177 Å². The minimum atomic E-state index is -0.0713. The number of nitrogens with one attached hydrogen (secondary N) is 1. The molecule has 1 unspecified atom stereocenters. The molecule has 7 nitrogen and oxygen atoms in total. The lowest BCUT2D eigenvalue weighted by molar-refractivity contribution is 0.0990. The number of hydrogen-bond acceptors (Lipinski definition) is 6. The Morgan fingerprint density at radius 3 is 2.77 bits per heavy atom. The smallest absolute Gasteiger partial charge is 0.172 e. The molecule has 0 aliphatic carbocycles. The highest BCUT2D eigenvalue weighted by molar-refractivity contribution is 5.87. The molecular formula is C23H30N4O3. The number of anilines is 1. The second-order valence-electron chi connectivity index (χ2n) is 7.85. The van der Waals surface area contributed by atoms with Crippen LogP contribution >= 0.6 is 0 Å². The van der Waals surface area contributed by atoms with E-state index in [9.17, 15) is 0 Å². The van der Waals surface area contributed by atoms with Crippen molar-refractivity contribution in [1.29, 1.82) is 0 Å². The van der Waals surface area contributed by atoms with Crippen LogP contribution in [0.4, 0.5) is 5.69 Å². The van der Waals surface area contributed by atoms with Crippen LogP contribution in [0, 0.1) is 5.92 Å². The molecule has 0 amide bonds. The van der Waals surface area contributed by atoms with Crippen LogP contribution in [0.3, 0.4) is 0 Å². The number of piperidine rings is 1. The lowest BCUT2D eigenvalue weighted by Gasteiger charge is -2.32. The van der Waals surface area contributed by atoms with Crippen molar-refractivity contribution >= 4 is 16.6 Å². The molecule has 3 aromatic rings. The van der Waals surface area contributed by atoms with Gasteiger partial charge in [0.25, 0.3) is 0 Å². The Hall–Kier alpha value is -2.93. The lowest BCUT2D eigenvalue weighted by atomic mass is 9.99. The number of hydrogen-bond donors (Lipinski definition) is 2. The zero-order valence-electron chi connectivity index (χ0n) is 17.6. The van der Waals surface area contributed by atoms with Crippen LogP contribution in [0.5, 0.6) is 17.2 Å². The highest BCUT2D eigenvalue weighted by Gasteiger charge is 2.22. The van der Waals surface area contributed by atoms with E-state index in [1.165, 1.54) is 18.5 Å². The number of nitrogens with zero attached hydrogens (tertiary/aromatic N) is 2. The fourth-order valence-corrected chi connectivity index (χ4v) is 3.85. The van der Waals surface area contributed by atoms with E-state index in [1.54, 1.807) is 13.3 Å². The molecule has 3 heterocycles. The fraction of sp³-hybridized carbons (Fsp3) is 0.435. The van der Waals surface area contributed by atoms with Crippen molar-refractivity contribution in [2.24, 2.45) is 11.7 Å². The zero-order valence-corrected chi connectivity index (χ0v) is 17.6. The Kier molecular flexibility index (Phi) is 6.28. The molecule has 0 spiro atoms. The Bertz CT molecular complexity index is 966. The maximum absolute atomic E-state index is 5.74. The predicted octanol–water partition coefficient (Wildman–Crippen LogP) is 3.59. The first-order valence-electron chi connectivity index (χ1n) is 10.5. The van der Waals surface area contributed by atoms with E-state index in [2.05, 4.69) is 34.2 Å². The predicted molar refractivity (Wildman–Crippen MR) is 119 cm³/mol. The lowest BCUT2D eigenvalue weighted by Crippen LogP contribution is -2.35. The van der Waals surface area contributed by atoms with Crippen molar-refractivity contribution in [3.63, 3.8) is 0 Å². The van der Waals surface area contributed by atoms with Crippen LogP contribution in [-0.4, -0.2) is 49.7 Å². The number of para-hydroxylation sites is 2. The Morgan fingerprint density at radius 1 is 1.20 bits per heavy atom. The van der Waals surface area contributed by atoms with E-state index in [1.807, 2.05) is 24.3 Å². The fourth-order valence-electron chi connectivity index (χ4n) is 3.85. The number of aromatic amines is 1. The molecule has 7 heteroatoms. The maximum atomic E-state index is 5.74. The van der Waals surface area contributed by atoms with Crippen molar-refractivity contribution < 1.29 is 14.2 Å². The summed E-state index contributed by atoms with van der Waals surface area (Å²) in [5, 5.41) is 7.79. The van der Waals surface area contributed by atoms with Gasteiger partial charge in [-0.2, -0.15) is 5.10 Å². The van der Waals surface area contributed by atoms with Crippen molar-refractivity contribution in [2.75, 3.05) is 38.3 Å². The Morgan fingerprint density at radius 2 is 2.00 bits per heavy atom. The van der Waals surface area contributed by atoms with Gasteiger partial charge < -0.3 is 24.8 Å². The summed E-state index contributed by atoms with van der Waals surface area (Å²) in [4.78, 5) is 2.43. The zero-order chi connectivity index (χ0) is 20.9. The van der Waals surface area contributed by atoms with E-state index in [-0.39, 0.29) is 6.10 Å². The summed E-state index contributed by atoms with van der Waals surface area (Å²) in [5.74, 6) is 3.36. The average Bonchev–Trinajstić information content (AvgIpc) is 3.29. The molecule has 1 atom stereocenters. The third kappa shape index (κ3) is 4.31. The van der Waals surface area contributed by atoms with Gasteiger partial charge in [0, 0.05) is 19.6 Å². The SMILES string of the molecule is COc1ccccc1N1CCC(C)CC1.NCC1COc2ccc3[nH]ncc3c2O1. The summed E-state index contributed by atoms with van der Waals surface area (Å²) in [6.07, 6.45) is 4.24. The molecule has 2 aliphatic rings. The van der Waals surface area contributed by atoms with Gasteiger partial charge >= 0.3 is 0 Å². The quantitative estimate of drug-likeness (QED) is 0.686. The van der Waals surface area contributed by atoms with Gasteiger partial charge in [0.1, 0.15) is 18.5 Å². The molecule has 30 heavy (non-hydrogen) atoms. The molecule has 1 aromatic heterocycles. The third-order valence-corrected chi connectivity index (χ3v) is 5.72. The van der Waals surface area contributed by atoms with Crippen LogP contribution in [0.1, 0.15) is 19.8 Å². The van der Waals surface area contributed by atoms with E-state index in [0.717, 1.165) is 47.2 Å². The minimum absolute atomic E-state index is 0.0713. The van der Waals surface area contributed by atoms with Gasteiger partial charge in [-0.3, -0.25) is 5.10 Å². The number of aromatic nitrogens is 2. The summed E-state index contributed by atoms with van der Waals surface area (Å²) >= 11 is 0. The normalized spacial score (nSPS) is 18.6. The molecule has 0 bridgehead atoms. The van der Waals surface area contributed by atoms with E-state index >= 15 is 0 Å². The van der Waals surface area contributed by atoms with Gasteiger partial charge in [0.15, 0.2) is 11.5 Å². The molecule has 0 saturated carbocycles. The molecule has 5 rings (SSSR count). The molecule has 160 valence electrons. The number of H-pyrrole nitrogens is 1. The van der Waals surface area contributed by atoms with Gasteiger partial charge in [-0.1, -0.05) is 19.1 Å². The van der Waals surface area contributed by atoms with Crippen LogP contribution < -0.4 is 24.8 Å². The summed E-state index contributed by atoms with van der Waals surface area (Å²) < 4.78 is 16.7.